The second-order valence-electron chi connectivity index (χ2n) is 4.44. The largest absolute Gasteiger partial charge is 0.504 e. The van der Waals surface area contributed by atoms with E-state index in [-0.39, 0.29) is 5.75 Å². The van der Waals surface area contributed by atoms with Crippen molar-refractivity contribution in [1.82, 2.24) is 0 Å². The van der Waals surface area contributed by atoms with Crippen molar-refractivity contribution in [3.63, 3.8) is 0 Å². The van der Waals surface area contributed by atoms with Gasteiger partial charge < -0.3 is 9.84 Å². The van der Waals surface area contributed by atoms with Crippen molar-refractivity contribution in [2.45, 2.75) is 19.3 Å². The molecular formula is C14H11BrO3. The Hall–Kier alpha value is -1.55. The number of halogens is 1. The first-order chi connectivity index (χ1) is 8.69. The quantitative estimate of drug-likeness (QED) is 0.807. The molecule has 3 nitrogen and oxygen atoms in total. The van der Waals surface area contributed by atoms with Crippen molar-refractivity contribution in [2.24, 2.45) is 0 Å². The molecule has 1 aromatic carbocycles. The van der Waals surface area contributed by atoms with E-state index in [2.05, 4.69) is 15.9 Å². The Labute approximate surface area is 113 Å². The number of carbonyl (C=O) groups excluding carboxylic acids is 1. The van der Waals surface area contributed by atoms with Crippen molar-refractivity contribution in [3.8, 4) is 11.5 Å². The predicted octanol–water partition coefficient (Wildman–Crippen LogP) is 3.57. The highest BCUT2D eigenvalue weighted by Gasteiger charge is 2.26. The summed E-state index contributed by atoms with van der Waals surface area (Å²) in [4.78, 5) is 11.0. The molecule has 92 valence electrons. The van der Waals surface area contributed by atoms with E-state index in [4.69, 9.17) is 4.74 Å². The molecule has 1 aliphatic heterocycles. The first kappa shape index (κ1) is 11.5. The monoisotopic (exact) mass is 306 g/mol. The van der Waals surface area contributed by atoms with E-state index in [1.165, 1.54) is 0 Å². The molecule has 1 aromatic rings. The molecule has 0 saturated carbocycles. The number of ether oxygens (including phenoxy) is 1. The van der Waals surface area contributed by atoms with Crippen LogP contribution in [0.1, 0.15) is 24.8 Å². The van der Waals surface area contributed by atoms with E-state index in [1.54, 1.807) is 6.07 Å². The van der Waals surface area contributed by atoms with Gasteiger partial charge in [-0.25, -0.2) is 0 Å². The zero-order valence-corrected chi connectivity index (χ0v) is 11.2. The lowest BCUT2D eigenvalue weighted by Crippen LogP contribution is -2.13. The highest BCUT2D eigenvalue weighted by atomic mass is 79.9. The molecule has 1 aliphatic carbocycles. The minimum atomic E-state index is 0.0815. The lowest BCUT2D eigenvalue weighted by molar-refractivity contribution is -0.105. The SMILES string of the molecule is O=CC1=C2Oc3c(O)cc(Br)cc3C=C2CCC1. The number of aromatic hydroxyl groups is 1. The van der Waals surface area contributed by atoms with Crippen molar-refractivity contribution in [1.29, 1.82) is 0 Å². The number of benzene rings is 1. The molecule has 0 fully saturated rings. The summed E-state index contributed by atoms with van der Waals surface area (Å²) in [5, 5.41) is 9.89. The van der Waals surface area contributed by atoms with Crippen molar-refractivity contribution >= 4 is 28.3 Å². The number of phenolic OH excluding ortho intramolecular Hbond substituents is 1. The van der Waals surface area contributed by atoms with Gasteiger partial charge in [-0.1, -0.05) is 15.9 Å². The van der Waals surface area contributed by atoms with Gasteiger partial charge in [-0.15, -0.1) is 0 Å². The van der Waals surface area contributed by atoms with E-state index in [1.807, 2.05) is 12.1 Å². The summed E-state index contributed by atoms with van der Waals surface area (Å²) in [6.45, 7) is 0. The minimum Gasteiger partial charge on any atom is -0.504 e. The average Bonchev–Trinajstić information content (AvgIpc) is 2.36. The molecule has 0 atom stereocenters. The predicted molar refractivity (Wildman–Crippen MR) is 71.4 cm³/mol. The van der Waals surface area contributed by atoms with Crippen LogP contribution in [0.2, 0.25) is 0 Å². The fourth-order valence-electron chi connectivity index (χ4n) is 2.39. The van der Waals surface area contributed by atoms with Gasteiger partial charge in [-0.2, -0.15) is 0 Å². The molecular weight excluding hydrogens is 296 g/mol. The number of hydrogen-bond acceptors (Lipinski definition) is 3. The number of allylic oxidation sites excluding steroid dienone is 2. The average molecular weight is 307 g/mol. The molecule has 0 amide bonds. The lowest BCUT2D eigenvalue weighted by atomic mass is 9.90. The van der Waals surface area contributed by atoms with E-state index < -0.39 is 0 Å². The number of phenols is 1. The zero-order valence-electron chi connectivity index (χ0n) is 9.57. The molecule has 0 saturated heterocycles. The maximum Gasteiger partial charge on any atom is 0.176 e. The number of fused-ring (bicyclic) bond motifs is 2. The number of aldehydes is 1. The Morgan fingerprint density at radius 2 is 2.17 bits per heavy atom. The molecule has 1 N–H and O–H groups in total. The summed E-state index contributed by atoms with van der Waals surface area (Å²) >= 11 is 3.34. The van der Waals surface area contributed by atoms with E-state index in [9.17, 15) is 9.90 Å². The maximum atomic E-state index is 11.0. The highest BCUT2D eigenvalue weighted by molar-refractivity contribution is 9.10. The molecule has 0 spiro atoms. The van der Waals surface area contributed by atoms with Gasteiger partial charge in [0, 0.05) is 15.6 Å². The van der Waals surface area contributed by atoms with Crippen LogP contribution in [0.4, 0.5) is 0 Å². The normalized spacial score (nSPS) is 17.5. The van der Waals surface area contributed by atoms with Crippen molar-refractivity contribution in [3.05, 3.63) is 39.1 Å². The summed E-state index contributed by atoms with van der Waals surface area (Å²) in [6.07, 6.45) is 5.44. The van der Waals surface area contributed by atoms with Crippen LogP contribution < -0.4 is 4.74 Å². The first-order valence-electron chi connectivity index (χ1n) is 5.78. The third-order valence-electron chi connectivity index (χ3n) is 3.21. The second kappa shape index (κ2) is 4.28. The van der Waals surface area contributed by atoms with E-state index >= 15 is 0 Å². The van der Waals surface area contributed by atoms with Crippen LogP contribution in [0.3, 0.4) is 0 Å². The molecule has 0 bridgehead atoms. The Morgan fingerprint density at radius 1 is 1.33 bits per heavy atom. The lowest BCUT2D eigenvalue weighted by Gasteiger charge is -2.26. The topological polar surface area (TPSA) is 46.5 Å². The second-order valence-corrected chi connectivity index (χ2v) is 5.36. The number of hydrogen-bond donors (Lipinski definition) is 1. The van der Waals surface area contributed by atoms with Gasteiger partial charge >= 0.3 is 0 Å². The molecule has 18 heavy (non-hydrogen) atoms. The van der Waals surface area contributed by atoms with Crippen LogP contribution in [-0.2, 0) is 4.79 Å². The van der Waals surface area contributed by atoms with Crippen molar-refractivity contribution in [2.75, 3.05) is 0 Å². The summed E-state index contributed by atoms with van der Waals surface area (Å²) < 4.78 is 6.54. The van der Waals surface area contributed by atoms with Crippen LogP contribution in [0.25, 0.3) is 6.08 Å². The van der Waals surface area contributed by atoms with E-state index in [0.717, 1.165) is 41.2 Å². The third-order valence-corrected chi connectivity index (χ3v) is 3.67. The van der Waals surface area contributed by atoms with Crippen LogP contribution in [0.15, 0.2) is 33.5 Å². The van der Waals surface area contributed by atoms with E-state index in [0.29, 0.717) is 17.1 Å². The third kappa shape index (κ3) is 1.77. The first-order valence-corrected chi connectivity index (χ1v) is 6.58. The molecule has 0 radical (unpaired) electrons. The molecule has 0 aromatic heterocycles. The van der Waals surface area contributed by atoms with Gasteiger partial charge in [0.1, 0.15) is 12.0 Å². The van der Waals surface area contributed by atoms with Crippen LogP contribution >= 0.6 is 15.9 Å². The Kier molecular flexibility index (Phi) is 2.74. The van der Waals surface area contributed by atoms with Crippen LogP contribution in [-0.4, -0.2) is 11.4 Å². The van der Waals surface area contributed by atoms with Gasteiger partial charge in [0.2, 0.25) is 0 Å². The van der Waals surface area contributed by atoms with Gasteiger partial charge in [0.25, 0.3) is 0 Å². The standard InChI is InChI=1S/C14H11BrO3/c15-11-5-10-4-8-2-1-3-9(7-16)13(8)18-14(10)12(17)6-11/h4-7,17H,1-3H2. The minimum absolute atomic E-state index is 0.0815. The molecule has 1 heterocycles. The Balaban J connectivity index is 2.20. The Morgan fingerprint density at radius 3 is 2.94 bits per heavy atom. The zero-order chi connectivity index (χ0) is 12.7. The van der Waals surface area contributed by atoms with Gasteiger partial charge in [0.15, 0.2) is 11.5 Å². The van der Waals surface area contributed by atoms with Crippen LogP contribution in [0.5, 0.6) is 11.5 Å². The summed E-state index contributed by atoms with van der Waals surface area (Å²) in [5.74, 6) is 1.14. The summed E-state index contributed by atoms with van der Waals surface area (Å²) in [5.41, 5.74) is 2.56. The molecule has 0 unspecified atom stereocenters. The fourth-order valence-corrected chi connectivity index (χ4v) is 2.86. The molecule has 2 aliphatic rings. The summed E-state index contributed by atoms with van der Waals surface area (Å²) in [7, 11) is 0. The molecule has 3 rings (SSSR count). The Bertz CT molecular complexity index is 599. The van der Waals surface area contributed by atoms with Crippen LogP contribution in [0, 0.1) is 0 Å². The smallest absolute Gasteiger partial charge is 0.176 e. The maximum absolute atomic E-state index is 11.0. The van der Waals surface area contributed by atoms with Gasteiger partial charge in [0.05, 0.1) is 0 Å². The summed E-state index contributed by atoms with van der Waals surface area (Å²) in [6, 6.07) is 3.48. The van der Waals surface area contributed by atoms with Gasteiger partial charge in [-0.3, -0.25) is 4.79 Å². The number of rotatable bonds is 1. The fraction of sp³-hybridized carbons (Fsp3) is 0.214. The molecule has 4 heteroatoms. The highest BCUT2D eigenvalue weighted by Crippen LogP contribution is 2.44. The van der Waals surface area contributed by atoms with Gasteiger partial charge in [-0.05, 0) is 43.0 Å². The number of carbonyl (C=O) groups is 1. The van der Waals surface area contributed by atoms with Crippen molar-refractivity contribution < 1.29 is 14.6 Å².